The molecule has 0 aliphatic carbocycles. The molecule has 0 unspecified atom stereocenters. The molecule has 142 valence electrons. The zero-order valence-electron chi connectivity index (χ0n) is 13.5. The van der Waals surface area contributed by atoms with E-state index in [4.69, 9.17) is 20.1 Å². The zero-order valence-corrected chi connectivity index (χ0v) is 13.5. The van der Waals surface area contributed by atoms with Crippen LogP contribution >= 0.6 is 0 Å². The number of esters is 1. The molecule has 2 rings (SSSR count). The topological polar surface area (TPSA) is 135 Å². The van der Waals surface area contributed by atoms with E-state index in [0.29, 0.717) is 18.9 Å². The highest BCUT2D eigenvalue weighted by Gasteiger charge is 2.28. The summed E-state index contributed by atoms with van der Waals surface area (Å²) in [6, 6.07) is 1.20. The number of ether oxygens (including phenoxy) is 1. The van der Waals surface area contributed by atoms with Gasteiger partial charge in [0.1, 0.15) is 24.5 Å². The number of nitrogens with two attached hydrogens (primary N) is 1. The summed E-state index contributed by atoms with van der Waals surface area (Å²) in [5, 5.41) is 13.0. The SMILES string of the molecule is COC(=O)[C@@H](N)CC[n+]1ccc(-c2ncco2)cn1.O=C([O-])C(F)(F)F. The van der Waals surface area contributed by atoms with Crippen molar-refractivity contribution in [1.29, 1.82) is 0 Å². The molecule has 0 bridgehead atoms. The number of carbonyl (C=O) groups is 2. The number of aryl methyl sites for hydroxylation is 1. The van der Waals surface area contributed by atoms with Crippen LogP contribution in [0.5, 0.6) is 0 Å². The lowest BCUT2D eigenvalue weighted by Gasteiger charge is -2.05. The normalized spacial score (nSPS) is 11.9. The summed E-state index contributed by atoms with van der Waals surface area (Å²) in [5.41, 5.74) is 6.43. The number of oxazole rings is 1. The number of carboxylic acids is 1. The Kier molecular flexibility index (Phi) is 7.65. The molecule has 2 aromatic heterocycles. The molecule has 0 aliphatic rings. The first-order valence-corrected chi connectivity index (χ1v) is 7.02. The van der Waals surface area contributed by atoms with Crippen LogP contribution in [0.4, 0.5) is 13.2 Å². The minimum Gasteiger partial charge on any atom is -0.542 e. The fourth-order valence-corrected chi connectivity index (χ4v) is 1.55. The van der Waals surface area contributed by atoms with Crippen LogP contribution in [0.1, 0.15) is 6.42 Å². The van der Waals surface area contributed by atoms with Gasteiger partial charge in [0.05, 0.1) is 18.9 Å². The molecule has 0 fully saturated rings. The lowest BCUT2D eigenvalue weighted by molar-refractivity contribution is -0.754. The molecule has 2 aromatic rings. The van der Waals surface area contributed by atoms with Crippen LogP contribution in [-0.2, 0) is 20.9 Å². The quantitative estimate of drug-likeness (QED) is 0.530. The summed E-state index contributed by atoms with van der Waals surface area (Å²) in [6.45, 7) is 0.530. The highest BCUT2D eigenvalue weighted by atomic mass is 19.4. The molecule has 12 heteroatoms. The van der Waals surface area contributed by atoms with Crippen molar-refractivity contribution in [3.05, 3.63) is 30.9 Å². The largest absolute Gasteiger partial charge is 0.542 e. The van der Waals surface area contributed by atoms with E-state index in [0.717, 1.165) is 5.56 Å². The van der Waals surface area contributed by atoms with Crippen molar-refractivity contribution in [3.8, 4) is 11.5 Å². The minimum atomic E-state index is -5.19. The van der Waals surface area contributed by atoms with Crippen molar-refractivity contribution in [2.75, 3.05) is 7.11 Å². The summed E-state index contributed by atoms with van der Waals surface area (Å²) in [7, 11) is 1.32. The van der Waals surface area contributed by atoms with Crippen LogP contribution < -0.4 is 15.5 Å². The molecule has 2 N–H and O–H groups in total. The number of carbonyl (C=O) groups excluding carboxylic acids is 2. The molecule has 0 saturated carbocycles. The highest BCUT2D eigenvalue weighted by molar-refractivity contribution is 5.75. The number of alkyl halides is 3. The third-order valence-electron chi connectivity index (χ3n) is 2.86. The van der Waals surface area contributed by atoms with Gasteiger partial charge in [0, 0.05) is 12.5 Å². The Bertz CT molecular complexity index is 704. The van der Waals surface area contributed by atoms with Crippen LogP contribution in [-0.4, -0.2) is 41.3 Å². The second-order valence-corrected chi connectivity index (χ2v) is 4.72. The summed E-state index contributed by atoms with van der Waals surface area (Å²) < 4.78 is 43.0. The van der Waals surface area contributed by atoms with Gasteiger partial charge < -0.3 is 24.8 Å². The van der Waals surface area contributed by atoms with Crippen molar-refractivity contribution in [1.82, 2.24) is 10.1 Å². The number of methoxy groups -OCH3 is 1. The first-order valence-electron chi connectivity index (χ1n) is 7.02. The maximum Gasteiger partial charge on any atom is 0.430 e. The molecular formula is C14H15F3N4O5. The Labute approximate surface area is 145 Å². The van der Waals surface area contributed by atoms with Gasteiger partial charge in [0.2, 0.25) is 5.89 Å². The Hall–Kier alpha value is -3.02. The fourth-order valence-electron chi connectivity index (χ4n) is 1.55. The molecule has 0 radical (unpaired) electrons. The van der Waals surface area contributed by atoms with Gasteiger partial charge in [0.15, 0.2) is 12.7 Å². The van der Waals surface area contributed by atoms with E-state index in [2.05, 4.69) is 14.8 Å². The lowest BCUT2D eigenvalue weighted by Crippen LogP contribution is -2.42. The van der Waals surface area contributed by atoms with Crippen LogP contribution in [0.25, 0.3) is 11.5 Å². The van der Waals surface area contributed by atoms with E-state index in [9.17, 15) is 18.0 Å². The predicted molar refractivity (Wildman–Crippen MR) is 75.6 cm³/mol. The maximum atomic E-state index is 11.1. The van der Waals surface area contributed by atoms with Gasteiger partial charge in [-0.3, -0.25) is 4.79 Å². The Morgan fingerprint density at radius 1 is 1.46 bits per heavy atom. The Balaban J connectivity index is 0.000000412. The molecule has 0 amide bonds. The van der Waals surface area contributed by atoms with Crippen molar-refractivity contribution >= 4 is 11.9 Å². The average Bonchev–Trinajstić information content (AvgIpc) is 3.13. The molecule has 0 spiro atoms. The molecular weight excluding hydrogens is 361 g/mol. The van der Waals surface area contributed by atoms with Gasteiger partial charge >= 0.3 is 12.1 Å². The average molecular weight is 376 g/mol. The number of hydrogen-bond donors (Lipinski definition) is 1. The number of carboxylic acid groups (broad SMARTS) is 1. The summed E-state index contributed by atoms with van der Waals surface area (Å²) in [6.07, 6.45) is 1.78. The molecule has 2 heterocycles. The number of aromatic nitrogens is 3. The van der Waals surface area contributed by atoms with E-state index in [1.165, 1.54) is 13.4 Å². The summed E-state index contributed by atoms with van der Waals surface area (Å²) in [4.78, 5) is 24.0. The van der Waals surface area contributed by atoms with E-state index < -0.39 is 24.2 Å². The van der Waals surface area contributed by atoms with Crippen molar-refractivity contribution in [2.24, 2.45) is 5.73 Å². The predicted octanol–water partition coefficient (Wildman–Crippen LogP) is -0.787. The Morgan fingerprint density at radius 3 is 2.54 bits per heavy atom. The first kappa shape index (κ1) is 21.0. The molecule has 9 nitrogen and oxygen atoms in total. The maximum absolute atomic E-state index is 11.1. The number of halogens is 3. The molecule has 26 heavy (non-hydrogen) atoms. The van der Waals surface area contributed by atoms with Gasteiger partial charge in [-0.15, -0.1) is 0 Å². The number of rotatable bonds is 5. The molecule has 0 saturated heterocycles. The number of nitrogens with zero attached hydrogens (tertiary/aromatic N) is 3. The van der Waals surface area contributed by atoms with Crippen LogP contribution in [0.3, 0.4) is 0 Å². The molecule has 1 atom stereocenters. The Morgan fingerprint density at radius 2 is 2.12 bits per heavy atom. The van der Waals surface area contributed by atoms with Gasteiger partial charge in [0.25, 0.3) is 0 Å². The summed E-state index contributed by atoms with van der Waals surface area (Å²) in [5.74, 6) is -2.91. The second-order valence-electron chi connectivity index (χ2n) is 4.72. The van der Waals surface area contributed by atoms with Gasteiger partial charge in [-0.2, -0.15) is 13.2 Å². The smallest absolute Gasteiger partial charge is 0.430 e. The zero-order chi connectivity index (χ0) is 19.7. The standard InChI is InChI=1S/C12H15N4O3.C2HF3O2/c1-18-12(17)10(13)3-6-16-5-2-9(8-15-16)11-14-4-7-19-11;3-2(4,5)1(6)7/h2,4-5,7-8,10H,3,6,13H2,1H3;(H,6,7)/q+1;/p-1/t10-;/m0./s1. The highest BCUT2D eigenvalue weighted by Crippen LogP contribution is 2.13. The van der Waals surface area contributed by atoms with Gasteiger partial charge in [-0.1, -0.05) is 4.68 Å². The van der Waals surface area contributed by atoms with Crippen molar-refractivity contribution in [2.45, 2.75) is 25.2 Å². The second kappa shape index (κ2) is 9.46. The van der Waals surface area contributed by atoms with E-state index in [1.54, 1.807) is 23.3 Å². The van der Waals surface area contributed by atoms with E-state index in [1.807, 2.05) is 6.07 Å². The van der Waals surface area contributed by atoms with Crippen LogP contribution in [0, 0.1) is 0 Å². The third kappa shape index (κ3) is 6.84. The van der Waals surface area contributed by atoms with Crippen LogP contribution in [0.15, 0.2) is 35.3 Å². The number of hydrogen-bond acceptors (Lipinski definition) is 8. The van der Waals surface area contributed by atoms with Crippen molar-refractivity contribution in [3.63, 3.8) is 0 Å². The monoisotopic (exact) mass is 376 g/mol. The van der Waals surface area contributed by atoms with E-state index in [-0.39, 0.29) is 0 Å². The van der Waals surface area contributed by atoms with Crippen LogP contribution in [0.2, 0.25) is 0 Å². The van der Waals surface area contributed by atoms with Gasteiger partial charge in [-0.05, 0) is 5.10 Å². The summed E-state index contributed by atoms with van der Waals surface area (Å²) >= 11 is 0. The third-order valence-corrected chi connectivity index (χ3v) is 2.86. The molecule has 0 aliphatic heterocycles. The van der Waals surface area contributed by atoms with Gasteiger partial charge in [-0.25, -0.2) is 4.98 Å². The minimum absolute atomic E-state index is 0.419. The first-order chi connectivity index (χ1) is 12.1. The van der Waals surface area contributed by atoms with E-state index >= 15 is 0 Å². The lowest BCUT2D eigenvalue weighted by atomic mass is 10.2. The van der Waals surface area contributed by atoms with Crippen molar-refractivity contribution < 1.29 is 41.7 Å². The number of aliphatic carboxylic acids is 1. The fraction of sp³-hybridized carbons (Fsp3) is 0.357. The molecule has 0 aromatic carbocycles.